The van der Waals surface area contributed by atoms with E-state index in [1.807, 2.05) is 26.8 Å². The average molecular weight is 549 g/mol. The summed E-state index contributed by atoms with van der Waals surface area (Å²) in [4.78, 5) is 12.9. The molecule has 0 atom stereocenters. The number of anilines is 1. The number of methoxy groups -OCH3 is 1. The zero-order valence-electron chi connectivity index (χ0n) is 22.1. The lowest BCUT2D eigenvalue weighted by Crippen LogP contribution is -2.39. The molecule has 0 radical (unpaired) electrons. The molecule has 3 aromatic carbocycles. The molecule has 4 aromatic rings. The number of halogens is 1. The van der Waals surface area contributed by atoms with E-state index in [9.17, 15) is 17.6 Å². The zero-order chi connectivity index (χ0) is 28.2. The van der Waals surface area contributed by atoms with Crippen LogP contribution >= 0.6 is 0 Å². The van der Waals surface area contributed by atoms with Crippen LogP contribution in [0.3, 0.4) is 0 Å². The van der Waals surface area contributed by atoms with E-state index in [1.54, 1.807) is 59.2 Å². The second kappa shape index (κ2) is 11.5. The number of ether oxygens (including phenoxy) is 1. The predicted octanol–water partition coefficient (Wildman–Crippen LogP) is 4.90. The number of para-hydroxylation sites is 1. The van der Waals surface area contributed by atoms with Crippen LogP contribution in [0.5, 0.6) is 5.75 Å². The van der Waals surface area contributed by atoms with Crippen LogP contribution in [-0.2, 0) is 14.8 Å². The number of benzene rings is 3. The third kappa shape index (κ3) is 6.01. The molecule has 0 aliphatic rings. The van der Waals surface area contributed by atoms with Gasteiger partial charge in [-0.2, -0.15) is 5.10 Å². The normalized spacial score (nSPS) is 11.5. The third-order valence-corrected chi connectivity index (χ3v) is 8.00. The molecule has 39 heavy (non-hydrogen) atoms. The molecular weight excluding hydrogens is 519 g/mol. The largest absolute Gasteiger partial charge is 0.497 e. The Hall–Kier alpha value is -4.44. The topological polar surface area (TPSA) is 93.0 Å². The number of rotatable bonds is 9. The number of nitrogens with one attached hydrogen (secondary N) is 1. The Balaban J connectivity index is 1.56. The van der Waals surface area contributed by atoms with Crippen molar-refractivity contribution >= 4 is 27.8 Å². The highest BCUT2D eigenvalue weighted by Gasteiger charge is 2.27. The summed E-state index contributed by atoms with van der Waals surface area (Å²) < 4.78 is 49.4. The summed E-state index contributed by atoms with van der Waals surface area (Å²) in [7, 11) is -2.56. The quantitative estimate of drug-likeness (QED) is 0.238. The van der Waals surface area contributed by atoms with Gasteiger partial charge in [0.1, 0.15) is 18.1 Å². The maximum absolute atomic E-state index is 14.4. The van der Waals surface area contributed by atoms with Crippen LogP contribution in [0.25, 0.3) is 5.69 Å². The van der Waals surface area contributed by atoms with Crippen molar-refractivity contribution in [2.24, 2.45) is 5.10 Å². The molecule has 4 rings (SSSR count). The molecular formula is C29H29FN4O4S. The van der Waals surface area contributed by atoms with E-state index in [2.05, 4.69) is 10.5 Å². The summed E-state index contributed by atoms with van der Waals surface area (Å²) in [6.07, 6.45) is 1.45. The molecule has 10 heteroatoms. The monoisotopic (exact) mass is 548 g/mol. The van der Waals surface area contributed by atoms with Crippen molar-refractivity contribution in [3.63, 3.8) is 0 Å². The van der Waals surface area contributed by atoms with Crippen LogP contribution in [0, 0.1) is 26.6 Å². The van der Waals surface area contributed by atoms with Gasteiger partial charge in [-0.15, -0.1) is 0 Å². The van der Waals surface area contributed by atoms with Gasteiger partial charge in [-0.3, -0.25) is 9.10 Å². The van der Waals surface area contributed by atoms with Gasteiger partial charge in [0.05, 0.1) is 29.6 Å². The highest BCUT2D eigenvalue weighted by atomic mass is 32.2. The first-order valence-corrected chi connectivity index (χ1v) is 13.5. The molecule has 1 amide bonds. The molecule has 0 bridgehead atoms. The fourth-order valence-corrected chi connectivity index (χ4v) is 5.58. The number of amides is 1. The maximum Gasteiger partial charge on any atom is 0.264 e. The predicted molar refractivity (Wildman–Crippen MR) is 150 cm³/mol. The molecule has 1 aromatic heterocycles. The van der Waals surface area contributed by atoms with Crippen LogP contribution in [0.4, 0.5) is 10.1 Å². The smallest absolute Gasteiger partial charge is 0.264 e. The molecule has 0 aliphatic carbocycles. The summed E-state index contributed by atoms with van der Waals surface area (Å²) >= 11 is 0. The van der Waals surface area contributed by atoms with Crippen molar-refractivity contribution in [1.82, 2.24) is 9.99 Å². The van der Waals surface area contributed by atoms with Crippen LogP contribution in [0.15, 0.2) is 88.9 Å². The number of sulfonamides is 1. The molecule has 0 saturated carbocycles. The van der Waals surface area contributed by atoms with Crippen LogP contribution in [0.1, 0.15) is 22.5 Å². The van der Waals surface area contributed by atoms with Gasteiger partial charge in [0, 0.05) is 17.0 Å². The molecule has 1 heterocycles. The average Bonchev–Trinajstić information content (AvgIpc) is 3.20. The van der Waals surface area contributed by atoms with Crippen molar-refractivity contribution in [2.75, 3.05) is 18.0 Å². The molecule has 0 spiro atoms. The van der Waals surface area contributed by atoms with Crippen molar-refractivity contribution < 1.29 is 22.3 Å². The number of hydrogen-bond acceptors (Lipinski definition) is 5. The molecule has 0 fully saturated rings. The van der Waals surface area contributed by atoms with Gasteiger partial charge in [0.2, 0.25) is 0 Å². The third-order valence-electron chi connectivity index (χ3n) is 6.21. The van der Waals surface area contributed by atoms with Gasteiger partial charge >= 0.3 is 0 Å². The van der Waals surface area contributed by atoms with Gasteiger partial charge < -0.3 is 9.30 Å². The SMILES string of the molecule is COc1ccc(N(CC(=O)N/N=C\c2cc(C)n(-c3ccccc3F)c2C)S(=O)(=O)c2ccc(C)cc2)cc1. The zero-order valence-corrected chi connectivity index (χ0v) is 22.9. The van der Waals surface area contributed by atoms with Crippen molar-refractivity contribution in [2.45, 2.75) is 25.7 Å². The standard InChI is InChI=1S/C29H29FN4O4S/c1-20-9-15-26(16-10-20)39(36,37)33(24-11-13-25(38-4)14-12-24)19-29(35)32-31-18-23-17-21(2)34(22(23)3)28-8-6-5-7-27(28)30/h5-18H,19H2,1-4H3,(H,32,35)/b31-18-. The fourth-order valence-electron chi connectivity index (χ4n) is 4.16. The van der Waals surface area contributed by atoms with Crippen molar-refractivity contribution in [1.29, 1.82) is 0 Å². The van der Waals surface area contributed by atoms with Gasteiger partial charge in [0.25, 0.3) is 15.9 Å². The van der Waals surface area contributed by atoms with E-state index in [0.29, 0.717) is 22.7 Å². The maximum atomic E-state index is 14.4. The summed E-state index contributed by atoms with van der Waals surface area (Å²) in [5, 5.41) is 4.04. The van der Waals surface area contributed by atoms with E-state index in [0.717, 1.165) is 21.3 Å². The highest BCUT2D eigenvalue weighted by molar-refractivity contribution is 7.92. The van der Waals surface area contributed by atoms with Gasteiger partial charge in [-0.05, 0) is 75.4 Å². The molecule has 1 N–H and O–H groups in total. The lowest BCUT2D eigenvalue weighted by Gasteiger charge is -2.24. The van der Waals surface area contributed by atoms with Gasteiger partial charge in [-0.1, -0.05) is 29.8 Å². The second-order valence-corrected chi connectivity index (χ2v) is 10.8. The van der Waals surface area contributed by atoms with Gasteiger partial charge in [0.15, 0.2) is 0 Å². The summed E-state index contributed by atoms with van der Waals surface area (Å²) in [6.45, 7) is 5.02. The van der Waals surface area contributed by atoms with E-state index >= 15 is 0 Å². The molecule has 8 nitrogen and oxygen atoms in total. The highest BCUT2D eigenvalue weighted by Crippen LogP contribution is 2.26. The second-order valence-electron chi connectivity index (χ2n) is 8.93. The Kier molecular flexibility index (Phi) is 8.15. The number of carbonyl (C=O) groups excluding carboxylic acids is 1. The Bertz CT molecular complexity index is 1610. The Morgan fingerprint density at radius 2 is 1.69 bits per heavy atom. The number of aryl methyl sites for hydroxylation is 2. The van der Waals surface area contributed by atoms with Crippen molar-refractivity contribution in [3.8, 4) is 11.4 Å². The van der Waals surface area contributed by atoms with Gasteiger partial charge in [-0.25, -0.2) is 18.2 Å². The summed E-state index contributed by atoms with van der Waals surface area (Å²) in [6, 6.07) is 21.0. The molecule has 0 saturated heterocycles. The molecule has 202 valence electrons. The first-order valence-electron chi connectivity index (χ1n) is 12.1. The van der Waals surface area contributed by atoms with Crippen LogP contribution in [-0.4, -0.2) is 38.8 Å². The Morgan fingerprint density at radius 3 is 2.33 bits per heavy atom. The number of aromatic nitrogens is 1. The number of carbonyl (C=O) groups is 1. The van der Waals surface area contributed by atoms with E-state index in [4.69, 9.17) is 4.74 Å². The van der Waals surface area contributed by atoms with Crippen LogP contribution < -0.4 is 14.5 Å². The first kappa shape index (κ1) is 27.6. The minimum absolute atomic E-state index is 0.0563. The molecule has 0 unspecified atom stereocenters. The minimum atomic E-state index is -4.07. The summed E-state index contributed by atoms with van der Waals surface area (Å²) in [5.74, 6) is -0.446. The number of hydrogen-bond donors (Lipinski definition) is 1. The Morgan fingerprint density at radius 1 is 1.03 bits per heavy atom. The number of nitrogens with zero attached hydrogens (tertiary/aromatic N) is 3. The lowest BCUT2D eigenvalue weighted by atomic mass is 10.2. The summed E-state index contributed by atoms with van der Waals surface area (Å²) in [5.41, 5.74) is 6.23. The van der Waals surface area contributed by atoms with E-state index < -0.39 is 22.5 Å². The van der Waals surface area contributed by atoms with Crippen molar-refractivity contribution in [3.05, 3.63) is 107 Å². The van der Waals surface area contributed by atoms with E-state index in [1.165, 1.54) is 31.5 Å². The number of hydrazone groups is 1. The fraction of sp³-hybridized carbons (Fsp3) is 0.172. The first-order chi connectivity index (χ1) is 18.6. The Labute approximate surface area is 227 Å². The molecule has 0 aliphatic heterocycles. The lowest BCUT2D eigenvalue weighted by molar-refractivity contribution is -0.119. The van der Waals surface area contributed by atoms with E-state index in [-0.39, 0.29) is 10.7 Å². The minimum Gasteiger partial charge on any atom is -0.497 e. The van der Waals surface area contributed by atoms with Crippen LogP contribution in [0.2, 0.25) is 0 Å².